The summed E-state index contributed by atoms with van der Waals surface area (Å²) in [6.45, 7) is 0.372. The van der Waals surface area contributed by atoms with E-state index in [1.54, 1.807) is 18.5 Å². The minimum absolute atomic E-state index is 0.372. The first kappa shape index (κ1) is 9.18. The normalized spacial score (nSPS) is 10.4. The van der Waals surface area contributed by atoms with Gasteiger partial charge in [0.25, 0.3) is 0 Å². The zero-order chi connectivity index (χ0) is 9.97. The summed E-state index contributed by atoms with van der Waals surface area (Å²) in [6, 6.07) is 5.53. The molecule has 14 heavy (non-hydrogen) atoms. The van der Waals surface area contributed by atoms with Gasteiger partial charge in [-0.1, -0.05) is 17.7 Å². The first-order valence-electron chi connectivity index (χ1n) is 4.17. The van der Waals surface area contributed by atoms with Crippen molar-refractivity contribution < 1.29 is 0 Å². The van der Waals surface area contributed by atoms with Gasteiger partial charge in [-0.15, -0.1) is 0 Å². The molecule has 0 aliphatic rings. The Bertz CT molecular complexity index is 424. The molecule has 2 N–H and O–H groups in total. The molecule has 0 amide bonds. The minimum Gasteiger partial charge on any atom is -0.326 e. The van der Waals surface area contributed by atoms with Gasteiger partial charge < -0.3 is 5.73 Å². The molecule has 0 aliphatic carbocycles. The molecule has 0 unspecified atom stereocenters. The van der Waals surface area contributed by atoms with Crippen LogP contribution in [0.25, 0.3) is 5.69 Å². The van der Waals surface area contributed by atoms with Crippen LogP contribution in [-0.4, -0.2) is 15.0 Å². The summed E-state index contributed by atoms with van der Waals surface area (Å²) >= 11 is 6.00. The van der Waals surface area contributed by atoms with Gasteiger partial charge in [0, 0.05) is 17.1 Å². The summed E-state index contributed by atoms with van der Waals surface area (Å²) in [5.74, 6) is 0. The molecule has 2 aromatic rings. The zero-order valence-corrected chi connectivity index (χ0v) is 8.15. The number of hydrogen-bond acceptors (Lipinski definition) is 3. The molecular weight excluding hydrogens is 200 g/mol. The zero-order valence-electron chi connectivity index (χ0n) is 7.39. The van der Waals surface area contributed by atoms with Crippen molar-refractivity contribution in [2.24, 2.45) is 5.73 Å². The van der Waals surface area contributed by atoms with Gasteiger partial charge in [0.1, 0.15) is 0 Å². The molecule has 0 bridgehead atoms. The monoisotopic (exact) mass is 208 g/mol. The summed E-state index contributed by atoms with van der Waals surface area (Å²) in [6.07, 6.45) is 3.22. The fourth-order valence-electron chi connectivity index (χ4n) is 1.28. The molecule has 0 saturated carbocycles. The lowest BCUT2D eigenvalue weighted by Gasteiger charge is -2.07. The molecule has 4 nitrogen and oxygen atoms in total. The minimum atomic E-state index is 0.372. The van der Waals surface area contributed by atoms with Gasteiger partial charge >= 0.3 is 0 Å². The van der Waals surface area contributed by atoms with Gasteiger partial charge in [-0.2, -0.15) is 15.0 Å². The van der Waals surface area contributed by atoms with E-state index >= 15 is 0 Å². The highest BCUT2D eigenvalue weighted by Gasteiger charge is 2.07. The Morgan fingerprint density at radius 3 is 2.64 bits per heavy atom. The van der Waals surface area contributed by atoms with Crippen LogP contribution in [0.4, 0.5) is 0 Å². The summed E-state index contributed by atoms with van der Waals surface area (Å²) < 4.78 is 0. The molecule has 5 heteroatoms. The van der Waals surface area contributed by atoms with Gasteiger partial charge in [-0.05, 0) is 12.1 Å². The third-order valence-electron chi connectivity index (χ3n) is 1.93. The van der Waals surface area contributed by atoms with Crippen LogP contribution in [0.15, 0.2) is 30.6 Å². The molecule has 2 rings (SSSR count). The molecule has 0 aliphatic heterocycles. The highest BCUT2D eigenvalue weighted by molar-refractivity contribution is 6.31. The topological polar surface area (TPSA) is 56.7 Å². The number of benzene rings is 1. The quantitative estimate of drug-likeness (QED) is 0.811. The van der Waals surface area contributed by atoms with E-state index in [4.69, 9.17) is 17.3 Å². The van der Waals surface area contributed by atoms with Crippen molar-refractivity contribution in [1.29, 1.82) is 0 Å². The number of nitrogens with zero attached hydrogens (tertiary/aromatic N) is 3. The second kappa shape index (κ2) is 3.77. The van der Waals surface area contributed by atoms with Gasteiger partial charge in [0.05, 0.1) is 18.1 Å². The average Bonchev–Trinajstić information content (AvgIpc) is 2.70. The van der Waals surface area contributed by atoms with E-state index < -0.39 is 0 Å². The smallest absolute Gasteiger partial charge is 0.0916 e. The Balaban J connectivity index is 2.58. The van der Waals surface area contributed by atoms with E-state index in [9.17, 15) is 0 Å². The van der Waals surface area contributed by atoms with E-state index in [1.807, 2.05) is 12.1 Å². The van der Waals surface area contributed by atoms with Crippen LogP contribution in [0.5, 0.6) is 0 Å². The molecular formula is C9H9ClN4. The van der Waals surface area contributed by atoms with Crippen LogP contribution in [0.1, 0.15) is 5.56 Å². The van der Waals surface area contributed by atoms with Crippen LogP contribution in [-0.2, 0) is 6.54 Å². The Hall–Kier alpha value is -1.39. The number of hydrogen-bond donors (Lipinski definition) is 1. The van der Waals surface area contributed by atoms with Crippen molar-refractivity contribution in [2.75, 3.05) is 0 Å². The first-order valence-corrected chi connectivity index (χ1v) is 4.55. The molecule has 0 spiro atoms. The Kier molecular flexibility index (Phi) is 2.47. The molecule has 1 heterocycles. The maximum absolute atomic E-state index is 6.00. The van der Waals surface area contributed by atoms with Gasteiger partial charge in [-0.3, -0.25) is 0 Å². The number of nitrogens with two attached hydrogens (primary N) is 1. The molecule has 0 atom stereocenters. The lowest BCUT2D eigenvalue weighted by atomic mass is 10.2. The van der Waals surface area contributed by atoms with Crippen molar-refractivity contribution in [3.8, 4) is 5.69 Å². The van der Waals surface area contributed by atoms with Crippen molar-refractivity contribution in [3.63, 3.8) is 0 Å². The van der Waals surface area contributed by atoms with Crippen molar-refractivity contribution >= 4 is 11.6 Å². The first-order chi connectivity index (χ1) is 6.83. The van der Waals surface area contributed by atoms with E-state index in [0.29, 0.717) is 11.6 Å². The van der Waals surface area contributed by atoms with Gasteiger partial charge in [0.15, 0.2) is 0 Å². The lowest BCUT2D eigenvalue weighted by molar-refractivity contribution is 0.741. The molecule has 0 saturated heterocycles. The maximum Gasteiger partial charge on any atom is 0.0916 e. The standard InChI is InChI=1S/C9H9ClN4/c10-8-2-1-3-9(7(8)6-11)14-12-4-5-13-14/h1-5H,6,11H2. The van der Waals surface area contributed by atoms with Gasteiger partial charge in [-0.25, -0.2) is 0 Å². The summed E-state index contributed by atoms with van der Waals surface area (Å²) in [4.78, 5) is 1.51. The average molecular weight is 209 g/mol. The molecule has 1 aromatic heterocycles. The summed E-state index contributed by atoms with van der Waals surface area (Å²) in [7, 11) is 0. The lowest BCUT2D eigenvalue weighted by Crippen LogP contribution is -2.07. The highest BCUT2D eigenvalue weighted by Crippen LogP contribution is 2.21. The molecule has 1 aromatic carbocycles. The van der Waals surface area contributed by atoms with E-state index in [2.05, 4.69) is 10.2 Å². The second-order valence-electron chi connectivity index (χ2n) is 2.76. The Labute approximate surface area is 86.3 Å². The number of aromatic nitrogens is 3. The second-order valence-corrected chi connectivity index (χ2v) is 3.17. The third-order valence-corrected chi connectivity index (χ3v) is 2.29. The Morgan fingerprint density at radius 1 is 1.29 bits per heavy atom. The van der Waals surface area contributed by atoms with Crippen molar-refractivity contribution in [1.82, 2.24) is 15.0 Å². The number of rotatable bonds is 2. The summed E-state index contributed by atoms with van der Waals surface area (Å²) in [5, 5.41) is 8.70. The van der Waals surface area contributed by atoms with Crippen LogP contribution in [0, 0.1) is 0 Å². The fourth-order valence-corrected chi connectivity index (χ4v) is 1.52. The van der Waals surface area contributed by atoms with Crippen molar-refractivity contribution in [3.05, 3.63) is 41.2 Å². The van der Waals surface area contributed by atoms with Crippen LogP contribution >= 0.6 is 11.6 Å². The Morgan fingerprint density at radius 2 is 2.00 bits per heavy atom. The van der Waals surface area contributed by atoms with Crippen molar-refractivity contribution in [2.45, 2.75) is 6.54 Å². The maximum atomic E-state index is 6.00. The summed E-state index contributed by atoms with van der Waals surface area (Å²) in [5.41, 5.74) is 7.28. The molecule has 72 valence electrons. The van der Waals surface area contributed by atoms with Gasteiger partial charge in [0.2, 0.25) is 0 Å². The van der Waals surface area contributed by atoms with E-state index in [0.717, 1.165) is 11.3 Å². The largest absolute Gasteiger partial charge is 0.326 e. The highest BCUT2D eigenvalue weighted by atomic mass is 35.5. The van der Waals surface area contributed by atoms with Crippen LogP contribution < -0.4 is 5.73 Å². The molecule has 0 radical (unpaired) electrons. The van der Waals surface area contributed by atoms with Crippen LogP contribution in [0.3, 0.4) is 0 Å². The fraction of sp³-hybridized carbons (Fsp3) is 0.111. The number of halogens is 1. The third kappa shape index (κ3) is 1.49. The van der Waals surface area contributed by atoms with Crippen LogP contribution in [0.2, 0.25) is 5.02 Å². The molecule has 0 fully saturated rings. The predicted molar refractivity (Wildman–Crippen MR) is 54.3 cm³/mol. The van der Waals surface area contributed by atoms with E-state index in [1.165, 1.54) is 4.80 Å². The van der Waals surface area contributed by atoms with E-state index in [-0.39, 0.29) is 0 Å². The predicted octanol–water partition coefficient (Wildman–Crippen LogP) is 1.38. The SMILES string of the molecule is NCc1c(Cl)cccc1-n1nccn1.